The first kappa shape index (κ1) is 23.2. The summed E-state index contributed by atoms with van der Waals surface area (Å²) in [6.45, 7) is 0. The molecule has 158 valence electrons. The number of hydrogen-bond donors (Lipinski definition) is 0. The molecule has 0 aliphatic rings. The molecule has 3 rings (SSSR count). The minimum Gasteiger partial charge on any atom is -0.558 e. The molecule has 0 aliphatic heterocycles. The Morgan fingerprint density at radius 1 is 0.733 bits per heavy atom. The quantitative estimate of drug-likeness (QED) is 0.489. The van der Waals surface area contributed by atoms with E-state index in [0.717, 1.165) is 12.8 Å². The molecule has 0 aromatic heterocycles. The second kappa shape index (κ2) is 12.5. The predicted molar refractivity (Wildman–Crippen MR) is 115 cm³/mol. The van der Waals surface area contributed by atoms with E-state index in [9.17, 15) is 9.46 Å². The molecule has 0 N–H and O–H groups in total. The van der Waals surface area contributed by atoms with Crippen molar-refractivity contribution in [3.63, 3.8) is 0 Å². The van der Waals surface area contributed by atoms with Gasteiger partial charge in [0.15, 0.2) is 17.2 Å². The van der Waals surface area contributed by atoms with Crippen LogP contribution in [0.4, 0.5) is 0 Å². The fraction of sp³-hybridized carbons (Fsp3) is 0.217. The summed E-state index contributed by atoms with van der Waals surface area (Å²) in [7, 11) is 1.33. The first-order valence-electron chi connectivity index (χ1n) is 9.27. The molecule has 3 aromatic rings. The first-order valence-corrected chi connectivity index (χ1v) is 10.4. The molecule has 0 bridgehead atoms. The van der Waals surface area contributed by atoms with Crippen LogP contribution < -0.4 is 23.6 Å². The Kier molecular flexibility index (Phi) is 9.65. The van der Waals surface area contributed by atoms with Crippen LogP contribution in [0.3, 0.4) is 0 Å². The van der Waals surface area contributed by atoms with Gasteiger partial charge in [-0.15, -0.1) is 0 Å². The minimum absolute atomic E-state index is 0.102. The van der Waals surface area contributed by atoms with E-state index in [4.69, 9.17) is 14.2 Å². The van der Waals surface area contributed by atoms with Crippen molar-refractivity contribution >= 4 is 8.25 Å². The highest BCUT2D eigenvalue weighted by Crippen LogP contribution is 2.41. The number of ether oxygens (including phenoxy) is 3. The van der Waals surface area contributed by atoms with Crippen LogP contribution in [0.2, 0.25) is 0 Å². The Hall–Kier alpha value is -3.08. The maximum Gasteiger partial charge on any atom is 0.539 e. The van der Waals surface area contributed by atoms with Gasteiger partial charge in [0, 0.05) is 12.1 Å². The summed E-state index contributed by atoms with van der Waals surface area (Å²) in [5.41, 5.74) is 2.83. The second-order valence-electron chi connectivity index (χ2n) is 6.15. The van der Waals surface area contributed by atoms with Crippen molar-refractivity contribution in [3.8, 4) is 23.0 Å². The van der Waals surface area contributed by atoms with Gasteiger partial charge in [-0.3, -0.25) is 4.52 Å². The van der Waals surface area contributed by atoms with Crippen molar-refractivity contribution in [2.24, 2.45) is 0 Å². The van der Waals surface area contributed by atoms with Gasteiger partial charge < -0.3 is 19.1 Å². The monoisotopic (exact) mass is 428 g/mol. The number of methoxy groups -OCH3 is 3. The zero-order chi connectivity index (χ0) is 21.8. The lowest BCUT2D eigenvalue weighted by Gasteiger charge is -2.12. The summed E-state index contributed by atoms with van der Waals surface area (Å²) in [6.07, 6.45) is 2.26. The van der Waals surface area contributed by atoms with Gasteiger partial charge >= 0.3 is 8.25 Å². The lowest BCUT2D eigenvalue weighted by molar-refractivity contribution is -0.178. The summed E-state index contributed by atoms with van der Waals surface area (Å²) < 4.78 is 30.1. The van der Waals surface area contributed by atoms with E-state index in [2.05, 4.69) is 65.2 Å². The number of aryl methyl sites for hydroxylation is 2. The lowest BCUT2D eigenvalue weighted by atomic mass is 10.0. The molecular formula is C23H25O6P. The number of benzene rings is 3. The van der Waals surface area contributed by atoms with Gasteiger partial charge in [0.05, 0.1) is 21.3 Å². The Balaban J connectivity index is 0.000000215. The third-order valence-corrected chi connectivity index (χ3v) is 4.57. The Morgan fingerprint density at radius 3 is 1.50 bits per heavy atom. The van der Waals surface area contributed by atoms with Crippen molar-refractivity contribution in [2.75, 3.05) is 21.3 Å². The van der Waals surface area contributed by atoms with Gasteiger partial charge in [-0.05, 0) is 28.5 Å². The van der Waals surface area contributed by atoms with E-state index in [1.807, 2.05) is 0 Å². The van der Waals surface area contributed by atoms with Crippen LogP contribution in [0, 0.1) is 0 Å². The van der Waals surface area contributed by atoms with Crippen LogP contribution in [0.25, 0.3) is 0 Å². The Bertz CT molecular complexity index is 851. The maximum absolute atomic E-state index is 10.4. The highest BCUT2D eigenvalue weighted by Gasteiger charge is 2.16. The van der Waals surface area contributed by atoms with E-state index in [-0.39, 0.29) is 5.75 Å². The second-order valence-corrected chi connectivity index (χ2v) is 6.78. The predicted octanol–water partition coefficient (Wildman–Crippen LogP) is 4.58. The van der Waals surface area contributed by atoms with Gasteiger partial charge in [-0.1, -0.05) is 60.7 Å². The molecule has 1 atom stereocenters. The molecule has 6 nitrogen and oxygen atoms in total. The summed E-state index contributed by atoms with van der Waals surface area (Å²) in [6, 6.07) is 24.0. The molecule has 30 heavy (non-hydrogen) atoms. The zero-order valence-corrected chi connectivity index (χ0v) is 18.1. The fourth-order valence-electron chi connectivity index (χ4n) is 2.77. The van der Waals surface area contributed by atoms with Crippen molar-refractivity contribution in [2.45, 2.75) is 12.8 Å². The number of rotatable bonds is 8. The SMILES string of the molecule is COc1cc(O[P+](=O)[O-])cc(OC)c1OC.c1ccc(CCc2ccccc2)cc1. The van der Waals surface area contributed by atoms with E-state index in [0.29, 0.717) is 17.2 Å². The smallest absolute Gasteiger partial charge is 0.539 e. The third kappa shape index (κ3) is 7.39. The van der Waals surface area contributed by atoms with Crippen LogP contribution in [0.1, 0.15) is 11.1 Å². The van der Waals surface area contributed by atoms with E-state index in [1.165, 1.54) is 44.6 Å². The third-order valence-electron chi connectivity index (χ3n) is 4.21. The average molecular weight is 428 g/mol. The average Bonchev–Trinajstić information content (AvgIpc) is 2.78. The zero-order valence-electron chi connectivity index (χ0n) is 17.2. The van der Waals surface area contributed by atoms with Crippen LogP contribution in [0.15, 0.2) is 72.8 Å². The molecule has 0 spiro atoms. The summed E-state index contributed by atoms with van der Waals surface area (Å²) >= 11 is 0. The van der Waals surface area contributed by atoms with E-state index < -0.39 is 8.25 Å². The molecule has 7 heteroatoms. The molecular weight excluding hydrogens is 403 g/mol. The lowest BCUT2D eigenvalue weighted by Crippen LogP contribution is -1.97. The molecule has 1 unspecified atom stereocenters. The van der Waals surface area contributed by atoms with Crippen molar-refractivity contribution < 1.29 is 28.2 Å². The molecule has 0 heterocycles. The Labute approximate surface area is 178 Å². The van der Waals surface area contributed by atoms with E-state index >= 15 is 0 Å². The van der Waals surface area contributed by atoms with Gasteiger partial charge in [0.25, 0.3) is 0 Å². The van der Waals surface area contributed by atoms with Crippen molar-refractivity contribution in [1.82, 2.24) is 0 Å². The maximum atomic E-state index is 10.4. The highest BCUT2D eigenvalue weighted by molar-refractivity contribution is 7.31. The van der Waals surface area contributed by atoms with Gasteiger partial charge in [-0.25, -0.2) is 0 Å². The highest BCUT2D eigenvalue weighted by atomic mass is 31.1. The van der Waals surface area contributed by atoms with E-state index in [1.54, 1.807) is 0 Å². The minimum atomic E-state index is -2.98. The molecule has 0 saturated carbocycles. The topological polar surface area (TPSA) is 77.1 Å². The fourth-order valence-corrected chi connectivity index (χ4v) is 3.05. The van der Waals surface area contributed by atoms with Crippen LogP contribution in [0.5, 0.6) is 23.0 Å². The summed E-state index contributed by atoms with van der Waals surface area (Å²) in [5.74, 6) is 1.13. The molecule has 3 aromatic carbocycles. The van der Waals surface area contributed by atoms with Crippen LogP contribution in [-0.2, 0) is 17.4 Å². The molecule has 0 amide bonds. The van der Waals surface area contributed by atoms with Crippen LogP contribution in [-0.4, -0.2) is 21.3 Å². The van der Waals surface area contributed by atoms with Gasteiger partial charge in [0.1, 0.15) is 0 Å². The molecule has 0 saturated heterocycles. The molecule has 0 radical (unpaired) electrons. The molecule has 0 fully saturated rings. The largest absolute Gasteiger partial charge is 0.558 e. The summed E-state index contributed by atoms with van der Waals surface area (Å²) in [5, 5.41) is 0. The summed E-state index contributed by atoms with van der Waals surface area (Å²) in [4.78, 5) is 10.4. The van der Waals surface area contributed by atoms with Crippen molar-refractivity contribution in [3.05, 3.63) is 83.9 Å². The first-order chi connectivity index (χ1) is 14.6. The van der Waals surface area contributed by atoms with Crippen LogP contribution >= 0.6 is 8.25 Å². The number of hydrogen-bond acceptors (Lipinski definition) is 6. The standard InChI is InChI=1S/C14H14.C9H11O6P/c1-3-7-13(8-4-1)11-12-14-9-5-2-6-10-14;1-12-7-4-6(15-16(10)11)5-8(13-2)9(7)14-3/h1-10H,11-12H2;4-5H,1-3H3. The van der Waals surface area contributed by atoms with Crippen molar-refractivity contribution in [1.29, 1.82) is 0 Å². The Morgan fingerprint density at radius 2 is 1.17 bits per heavy atom. The normalized spacial score (nSPS) is 10.3. The molecule has 0 aliphatic carbocycles. The van der Waals surface area contributed by atoms with Gasteiger partial charge in [0.2, 0.25) is 5.75 Å². The van der Waals surface area contributed by atoms with Gasteiger partial charge in [-0.2, -0.15) is 0 Å².